The highest BCUT2D eigenvalue weighted by Gasteiger charge is 2.07. The third-order valence-electron chi connectivity index (χ3n) is 2.52. The minimum Gasteiger partial charge on any atom is -0.456 e. The Morgan fingerprint density at radius 3 is 2.56 bits per heavy atom. The number of ether oxygens (including phenoxy) is 1. The summed E-state index contributed by atoms with van der Waals surface area (Å²) >= 11 is 6.84. The summed E-state index contributed by atoms with van der Waals surface area (Å²) < 4.78 is 19.7. The quantitative estimate of drug-likeness (QED) is 0.637. The fourth-order valence-electron chi connectivity index (χ4n) is 1.51. The molecule has 4 heteroatoms. The van der Waals surface area contributed by atoms with Crippen molar-refractivity contribution in [2.75, 3.05) is 0 Å². The lowest BCUT2D eigenvalue weighted by atomic mass is 10.2. The van der Waals surface area contributed by atoms with Gasteiger partial charge in [-0.25, -0.2) is 4.39 Å². The van der Waals surface area contributed by atoms with Crippen LogP contribution in [0.25, 0.3) is 0 Å². The Morgan fingerprint density at radius 2 is 1.89 bits per heavy atom. The van der Waals surface area contributed by atoms with Crippen molar-refractivity contribution in [1.29, 1.82) is 0 Å². The van der Waals surface area contributed by atoms with Crippen molar-refractivity contribution in [3.8, 4) is 11.5 Å². The zero-order valence-corrected chi connectivity index (χ0v) is 12.9. The first kappa shape index (κ1) is 13.6. The van der Waals surface area contributed by atoms with Gasteiger partial charge in [0.05, 0.1) is 4.47 Å². The van der Waals surface area contributed by atoms with Crippen molar-refractivity contribution in [1.82, 2.24) is 0 Å². The van der Waals surface area contributed by atoms with Crippen LogP contribution in [0.3, 0.4) is 0 Å². The van der Waals surface area contributed by atoms with Gasteiger partial charge >= 0.3 is 0 Å². The minimum atomic E-state index is -0.302. The topological polar surface area (TPSA) is 9.23 Å². The lowest BCUT2D eigenvalue weighted by Gasteiger charge is -2.11. The number of aryl methyl sites for hydroxylation is 1. The molecule has 0 amide bonds. The minimum absolute atomic E-state index is 0.302. The van der Waals surface area contributed by atoms with Gasteiger partial charge < -0.3 is 4.74 Å². The van der Waals surface area contributed by atoms with Gasteiger partial charge in [-0.3, -0.25) is 0 Å². The van der Waals surface area contributed by atoms with Gasteiger partial charge in [0.1, 0.15) is 17.3 Å². The van der Waals surface area contributed by atoms with Crippen molar-refractivity contribution in [2.45, 2.75) is 12.3 Å². The smallest absolute Gasteiger partial charge is 0.141 e. The van der Waals surface area contributed by atoms with Gasteiger partial charge in [0.15, 0.2) is 0 Å². The monoisotopic (exact) mass is 372 g/mol. The molecule has 94 valence electrons. The number of hydrogen-bond acceptors (Lipinski definition) is 1. The summed E-state index contributed by atoms with van der Waals surface area (Å²) in [5.74, 6) is 0.902. The van der Waals surface area contributed by atoms with Gasteiger partial charge in [-0.2, -0.15) is 0 Å². The van der Waals surface area contributed by atoms with E-state index in [1.807, 2.05) is 25.1 Å². The predicted molar refractivity (Wildman–Crippen MR) is 78.0 cm³/mol. The van der Waals surface area contributed by atoms with Crippen LogP contribution in [0.15, 0.2) is 40.9 Å². The van der Waals surface area contributed by atoms with Gasteiger partial charge in [0.25, 0.3) is 0 Å². The molecule has 0 bridgehead atoms. The second kappa shape index (κ2) is 5.85. The van der Waals surface area contributed by atoms with Crippen molar-refractivity contribution in [3.05, 3.63) is 57.8 Å². The average Bonchev–Trinajstić information content (AvgIpc) is 2.36. The maximum absolute atomic E-state index is 13.2. The molecule has 1 nitrogen and oxygen atoms in total. The molecular formula is C14H11Br2FO. The molecule has 0 aromatic heterocycles. The summed E-state index contributed by atoms with van der Waals surface area (Å²) in [4.78, 5) is 0. The molecule has 0 atom stereocenters. The van der Waals surface area contributed by atoms with Crippen LogP contribution in [-0.4, -0.2) is 0 Å². The summed E-state index contributed by atoms with van der Waals surface area (Å²) in [6.45, 7) is 1.88. The standard InChI is InChI=1S/C14H11Br2FO/c1-9-2-4-11(17)7-14(9)18-13-5-3-10(8-15)6-12(13)16/h2-7H,8H2,1H3. The highest BCUT2D eigenvalue weighted by Crippen LogP contribution is 2.32. The van der Waals surface area contributed by atoms with Crippen LogP contribution in [0, 0.1) is 12.7 Å². The Morgan fingerprint density at radius 1 is 1.11 bits per heavy atom. The van der Waals surface area contributed by atoms with E-state index in [1.165, 1.54) is 12.1 Å². The SMILES string of the molecule is Cc1ccc(F)cc1Oc1ccc(CBr)cc1Br. The summed E-state index contributed by atoms with van der Waals surface area (Å²) in [7, 11) is 0. The molecular weight excluding hydrogens is 363 g/mol. The average molecular weight is 374 g/mol. The molecule has 2 aromatic carbocycles. The Bertz CT molecular complexity index is 570. The number of hydrogen-bond donors (Lipinski definition) is 0. The van der Waals surface area contributed by atoms with E-state index in [0.717, 1.165) is 20.9 Å². The molecule has 18 heavy (non-hydrogen) atoms. The molecule has 0 radical (unpaired) electrons. The van der Waals surface area contributed by atoms with Crippen molar-refractivity contribution < 1.29 is 9.13 Å². The molecule has 0 unspecified atom stereocenters. The van der Waals surface area contributed by atoms with Gasteiger partial charge in [-0.15, -0.1) is 0 Å². The fourth-order valence-corrected chi connectivity index (χ4v) is 2.37. The zero-order chi connectivity index (χ0) is 13.1. The van der Waals surface area contributed by atoms with E-state index in [0.29, 0.717) is 11.5 Å². The van der Waals surface area contributed by atoms with E-state index < -0.39 is 0 Å². The van der Waals surface area contributed by atoms with Crippen molar-refractivity contribution >= 4 is 31.9 Å². The predicted octanol–water partition coefficient (Wildman–Crippen LogP) is 5.58. The summed E-state index contributed by atoms with van der Waals surface area (Å²) in [6.07, 6.45) is 0. The van der Waals surface area contributed by atoms with Crippen LogP contribution in [0.2, 0.25) is 0 Å². The highest BCUT2D eigenvalue weighted by atomic mass is 79.9. The molecule has 0 saturated heterocycles. The van der Waals surface area contributed by atoms with Gasteiger partial charge in [-0.05, 0) is 52.2 Å². The van der Waals surface area contributed by atoms with Crippen LogP contribution in [-0.2, 0) is 5.33 Å². The first-order valence-corrected chi connectivity index (χ1v) is 7.30. The largest absolute Gasteiger partial charge is 0.456 e. The Labute approximate surface area is 122 Å². The second-order valence-corrected chi connectivity index (χ2v) is 5.33. The van der Waals surface area contributed by atoms with Gasteiger partial charge in [0, 0.05) is 11.4 Å². The first-order valence-electron chi connectivity index (χ1n) is 5.38. The van der Waals surface area contributed by atoms with Crippen LogP contribution >= 0.6 is 31.9 Å². The Balaban J connectivity index is 2.31. The number of alkyl halides is 1. The molecule has 0 fully saturated rings. The maximum atomic E-state index is 13.2. The molecule has 0 aliphatic heterocycles. The van der Waals surface area contributed by atoms with Gasteiger partial charge in [-0.1, -0.05) is 28.1 Å². The molecule has 0 heterocycles. The van der Waals surface area contributed by atoms with E-state index in [4.69, 9.17) is 4.74 Å². The highest BCUT2D eigenvalue weighted by molar-refractivity contribution is 9.10. The molecule has 0 saturated carbocycles. The molecule has 0 aliphatic carbocycles. The maximum Gasteiger partial charge on any atom is 0.141 e. The number of halogens is 3. The summed E-state index contributed by atoms with van der Waals surface area (Å²) in [6, 6.07) is 10.3. The Kier molecular flexibility index (Phi) is 4.40. The molecule has 0 aliphatic rings. The van der Waals surface area contributed by atoms with Crippen LogP contribution in [0.5, 0.6) is 11.5 Å². The van der Waals surface area contributed by atoms with Crippen LogP contribution < -0.4 is 4.74 Å². The van der Waals surface area contributed by atoms with E-state index >= 15 is 0 Å². The summed E-state index contributed by atoms with van der Waals surface area (Å²) in [5, 5.41) is 0.783. The lowest BCUT2D eigenvalue weighted by Crippen LogP contribution is -1.90. The molecule has 2 rings (SSSR count). The number of rotatable bonds is 3. The third-order valence-corrected chi connectivity index (χ3v) is 3.79. The normalized spacial score (nSPS) is 10.4. The van der Waals surface area contributed by atoms with E-state index in [1.54, 1.807) is 6.07 Å². The van der Waals surface area contributed by atoms with Crippen molar-refractivity contribution in [3.63, 3.8) is 0 Å². The third kappa shape index (κ3) is 3.12. The van der Waals surface area contributed by atoms with E-state index in [2.05, 4.69) is 31.9 Å². The van der Waals surface area contributed by atoms with Gasteiger partial charge in [0.2, 0.25) is 0 Å². The van der Waals surface area contributed by atoms with Crippen molar-refractivity contribution in [2.24, 2.45) is 0 Å². The summed E-state index contributed by atoms with van der Waals surface area (Å²) in [5.41, 5.74) is 2.04. The fraction of sp³-hybridized carbons (Fsp3) is 0.143. The van der Waals surface area contributed by atoms with Crippen LogP contribution in [0.1, 0.15) is 11.1 Å². The van der Waals surface area contributed by atoms with Crippen LogP contribution in [0.4, 0.5) is 4.39 Å². The lowest BCUT2D eigenvalue weighted by molar-refractivity contribution is 0.470. The zero-order valence-electron chi connectivity index (χ0n) is 9.71. The number of benzene rings is 2. The molecule has 0 spiro atoms. The molecule has 2 aromatic rings. The van der Waals surface area contributed by atoms with E-state index in [9.17, 15) is 4.39 Å². The first-order chi connectivity index (χ1) is 8.60. The van der Waals surface area contributed by atoms with E-state index in [-0.39, 0.29) is 5.82 Å². The second-order valence-electron chi connectivity index (χ2n) is 3.91. The molecule has 0 N–H and O–H groups in total. The Hall–Kier alpha value is -0.870.